The van der Waals surface area contributed by atoms with Gasteiger partial charge in [-0.1, -0.05) is 0 Å². The van der Waals surface area contributed by atoms with E-state index in [1.807, 2.05) is 6.92 Å². The van der Waals surface area contributed by atoms with Crippen LogP contribution in [0.25, 0.3) is 0 Å². The molecule has 2 fully saturated rings. The van der Waals surface area contributed by atoms with E-state index in [1.54, 1.807) is 11.3 Å². The Labute approximate surface area is 124 Å². The smallest absolute Gasteiger partial charge is 0.153 e. The Bertz CT molecular complexity index is 566. The summed E-state index contributed by atoms with van der Waals surface area (Å²) in [4.78, 5) is 6.86. The summed E-state index contributed by atoms with van der Waals surface area (Å²) in [6.07, 6.45) is 2.58. The predicted molar refractivity (Wildman–Crippen MR) is 80.5 cm³/mol. The first kappa shape index (κ1) is 14.4. The maximum atomic E-state index is 11.6. The van der Waals surface area contributed by atoms with Crippen molar-refractivity contribution in [2.75, 3.05) is 18.1 Å². The molecule has 1 aromatic rings. The molecular weight excluding hydrogens is 294 g/mol. The average molecular weight is 315 g/mol. The van der Waals surface area contributed by atoms with Gasteiger partial charge in [-0.2, -0.15) is 0 Å². The molecule has 5 nitrogen and oxygen atoms in total. The highest BCUT2D eigenvalue weighted by molar-refractivity contribution is 7.91. The monoisotopic (exact) mass is 315 g/mol. The number of aromatic nitrogens is 1. The van der Waals surface area contributed by atoms with Crippen molar-refractivity contribution in [3.8, 4) is 0 Å². The van der Waals surface area contributed by atoms with E-state index in [0.29, 0.717) is 12.6 Å². The van der Waals surface area contributed by atoms with E-state index >= 15 is 0 Å². The summed E-state index contributed by atoms with van der Waals surface area (Å²) in [5.74, 6) is 0.546. The summed E-state index contributed by atoms with van der Waals surface area (Å²) < 4.78 is 23.1. The van der Waals surface area contributed by atoms with Crippen molar-refractivity contribution >= 4 is 21.2 Å². The lowest BCUT2D eigenvalue weighted by Crippen LogP contribution is -2.46. The minimum absolute atomic E-state index is 0.0866. The van der Waals surface area contributed by atoms with Crippen molar-refractivity contribution in [3.05, 3.63) is 16.1 Å². The van der Waals surface area contributed by atoms with E-state index in [9.17, 15) is 8.42 Å². The molecule has 1 aliphatic heterocycles. The second-order valence-electron chi connectivity index (χ2n) is 5.82. The molecule has 0 amide bonds. The number of hydrogen-bond donors (Lipinski definition) is 1. The van der Waals surface area contributed by atoms with Crippen molar-refractivity contribution < 1.29 is 8.42 Å². The molecule has 1 unspecified atom stereocenters. The summed E-state index contributed by atoms with van der Waals surface area (Å²) in [5, 5.41) is 6.69. The van der Waals surface area contributed by atoms with E-state index in [1.165, 1.54) is 12.8 Å². The third kappa shape index (κ3) is 3.78. The fraction of sp³-hybridized carbons (Fsp3) is 0.769. The van der Waals surface area contributed by atoms with Crippen LogP contribution in [-0.4, -0.2) is 48.4 Å². The Balaban J connectivity index is 1.54. The molecule has 7 heteroatoms. The van der Waals surface area contributed by atoms with Gasteiger partial charge in [0.25, 0.3) is 0 Å². The average Bonchev–Trinajstić information content (AvgIpc) is 3.10. The van der Waals surface area contributed by atoms with Crippen LogP contribution in [0.5, 0.6) is 0 Å². The Morgan fingerprint density at radius 3 is 3.00 bits per heavy atom. The van der Waals surface area contributed by atoms with Gasteiger partial charge in [-0.05, 0) is 19.8 Å². The first-order valence-electron chi connectivity index (χ1n) is 7.13. The van der Waals surface area contributed by atoms with Crippen molar-refractivity contribution in [2.24, 2.45) is 0 Å². The maximum Gasteiger partial charge on any atom is 0.153 e. The van der Waals surface area contributed by atoms with Gasteiger partial charge in [-0.3, -0.25) is 4.90 Å². The number of sulfone groups is 1. The zero-order valence-electron chi connectivity index (χ0n) is 11.7. The Kier molecular flexibility index (Phi) is 4.12. The van der Waals surface area contributed by atoms with E-state index < -0.39 is 9.84 Å². The van der Waals surface area contributed by atoms with Crippen LogP contribution in [0.1, 0.15) is 30.5 Å². The van der Waals surface area contributed by atoms with Gasteiger partial charge in [0.15, 0.2) is 9.84 Å². The molecule has 112 valence electrons. The number of rotatable bonds is 5. The normalized spacial score (nSPS) is 26.8. The van der Waals surface area contributed by atoms with Gasteiger partial charge in [0, 0.05) is 37.1 Å². The van der Waals surface area contributed by atoms with E-state index in [2.05, 4.69) is 20.6 Å². The highest BCUT2D eigenvalue weighted by atomic mass is 32.2. The number of nitrogens with one attached hydrogen (secondary N) is 1. The molecule has 1 atom stereocenters. The lowest BCUT2D eigenvalue weighted by atomic mass is 10.3. The lowest BCUT2D eigenvalue weighted by Gasteiger charge is -2.32. The van der Waals surface area contributed by atoms with Crippen molar-refractivity contribution in [1.82, 2.24) is 15.2 Å². The van der Waals surface area contributed by atoms with Gasteiger partial charge >= 0.3 is 0 Å². The topological polar surface area (TPSA) is 62.3 Å². The molecule has 3 rings (SSSR count). The van der Waals surface area contributed by atoms with E-state index in [0.717, 1.165) is 23.8 Å². The van der Waals surface area contributed by atoms with Crippen molar-refractivity contribution in [1.29, 1.82) is 0 Å². The minimum Gasteiger partial charge on any atom is -0.308 e. The van der Waals surface area contributed by atoms with Crippen molar-refractivity contribution in [3.63, 3.8) is 0 Å². The third-order valence-corrected chi connectivity index (χ3v) is 6.58. The Morgan fingerprint density at radius 1 is 1.50 bits per heavy atom. The molecule has 2 aliphatic rings. The Hall–Kier alpha value is -0.500. The van der Waals surface area contributed by atoms with Gasteiger partial charge in [0.05, 0.1) is 17.2 Å². The number of thiazole rings is 1. The zero-order chi connectivity index (χ0) is 14.2. The molecule has 1 aliphatic carbocycles. The van der Waals surface area contributed by atoms with Crippen LogP contribution < -0.4 is 5.32 Å². The molecular formula is C13H21N3O2S2. The van der Waals surface area contributed by atoms with Crippen LogP contribution >= 0.6 is 11.3 Å². The van der Waals surface area contributed by atoms with Crippen LogP contribution in [0.2, 0.25) is 0 Å². The number of nitrogens with zero attached hydrogens (tertiary/aromatic N) is 2. The third-order valence-electron chi connectivity index (χ3n) is 3.89. The molecule has 1 saturated carbocycles. The van der Waals surface area contributed by atoms with Crippen LogP contribution in [0.3, 0.4) is 0 Å². The highest BCUT2D eigenvalue weighted by Crippen LogP contribution is 2.21. The quantitative estimate of drug-likeness (QED) is 0.879. The summed E-state index contributed by atoms with van der Waals surface area (Å²) in [5.41, 5.74) is 1.06. The molecule has 1 aromatic heterocycles. The molecule has 0 bridgehead atoms. The molecule has 1 saturated heterocycles. The second kappa shape index (κ2) is 5.71. The van der Waals surface area contributed by atoms with Crippen LogP contribution in [0.4, 0.5) is 0 Å². The fourth-order valence-electron chi connectivity index (χ4n) is 2.50. The zero-order valence-corrected chi connectivity index (χ0v) is 13.3. The summed E-state index contributed by atoms with van der Waals surface area (Å²) >= 11 is 1.69. The molecule has 20 heavy (non-hydrogen) atoms. The maximum absolute atomic E-state index is 11.6. The molecule has 1 N–H and O–H groups in total. The number of hydrogen-bond acceptors (Lipinski definition) is 6. The molecule has 0 aromatic carbocycles. The van der Waals surface area contributed by atoms with Gasteiger partial charge in [0.2, 0.25) is 0 Å². The van der Waals surface area contributed by atoms with Crippen LogP contribution in [0.15, 0.2) is 5.38 Å². The molecule has 2 heterocycles. The summed E-state index contributed by atoms with van der Waals surface area (Å²) in [6, 6.07) is 0.790. The lowest BCUT2D eigenvalue weighted by molar-refractivity contribution is 0.216. The largest absolute Gasteiger partial charge is 0.308 e. The van der Waals surface area contributed by atoms with Crippen LogP contribution in [0, 0.1) is 0 Å². The van der Waals surface area contributed by atoms with Gasteiger partial charge in [-0.15, -0.1) is 11.3 Å². The fourth-order valence-corrected chi connectivity index (χ4v) is 4.86. The van der Waals surface area contributed by atoms with E-state index in [4.69, 9.17) is 0 Å². The van der Waals surface area contributed by atoms with E-state index in [-0.39, 0.29) is 17.5 Å². The van der Waals surface area contributed by atoms with Gasteiger partial charge < -0.3 is 5.32 Å². The van der Waals surface area contributed by atoms with Gasteiger partial charge in [-0.25, -0.2) is 13.4 Å². The SMILES string of the molecule is CC1CS(=O)(=O)CCN1Cc1csc(CNC2CC2)n1. The first-order valence-corrected chi connectivity index (χ1v) is 9.83. The first-order chi connectivity index (χ1) is 9.52. The summed E-state index contributed by atoms with van der Waals surface area (Å²) in [7, 11) is -2.83. The van der Waals surface area contributed by atoms with Crippen LogP contribution in [-0.2, 0) is 22.9 Å². The molecule has 0 radical (unpaired) electrons. The second-order valence-corrected chi connectivity index (χ2v) is 8.99. The summed E-state index contributed by atoms with van der Waals surface area (Å²) in [6.45, 7) is 4.23. The highest BCUT2D eigenvalue weighted by Gasteiger charge is 2.28. The molecule has 0 spiro atoms. The Morgan fingerprint density at radius 2 is 2.30 bits per heavy atom. The standard InChI is InChI=1S/C13H21N3O2S2/c1-10-9-20(17,18)5-4-16(10)7-12-8-19-13(15-12)6-14-11-2-3-11/h8,10-11,14H,2-7,9H2,1H3. The van der Waals surface area contributed by atoms with Crippen molar-refractivity contribution in [2.45, 2.75) is 44.9 Å². The van der Waals surface area contributed by atoms with Gasteiger partial charge in [0.1, 0.15) is 5.01 Å². The predicted octanol–water partition coefficient (Wildman–Crippen LogP) is 1.01. The minimum atomic E-state index is -2.83.